The number of nitrogens with one attached hydrogen (secondary N) is 1. The van der Waals surface area contributed by atoms with Gasteiger partial charge in [-0.15, -0.1) is 11.3 Å². The fraction of sp³-hybridized carbons (Fsp3) is 0.214. The highest BCUT2D eigenvalue weighted by molar-refractivity contribution is 7.09. The van der Waals surface area contributed by atoms with Gasteiger partial charge < -0.3 is 5.32 Å². The first-order valence-electron chi connectivity index (χ1n) is 5.71. The molecule has 1 N–H and O–H groups in total. The highest BCUT2D eigenvalue weighted by Crippen LogP contribution is 2.10. The van der Waals surface area contributed by atoms with Crippen LogP contribution in [0.4, 0.5) is 4.39 Å². The summed E-state index contributed by atoms with van der Waals surface area (Å²) in [6, 6.07) is 10.6. The number of nitrogens with zero attached hydrogens (tertiary/aromatic N) is 1. The van der Waals surface area contributed by atoms with Crippen molar-refractivity contribution in [1.82, 2.24) is 5.32 Å². The van der Waals surface area contributed by atoms with E-state index < -0.39 is 0 Å². The highest BCUT2D eigenvalue weighted by atomic mass is 32.1. The molecule has 0 radical (unpaired) electrons. The van der Waals surface area contributed by atoms with Crippen LogP contribution in [0.2, 0.25) is 0 Å². The number of hydrogen-bond donors (Lipinski definition) is 1. The van der Waals surface area contributed by atoms with E-state index in [2.05, 4.69) is 16.8 Å². The topological polar surface area (TPSA) is 35.8 Å². The van der Waals surface area contributed by atoms with Crippen LogP contribution in [0.15, 0.2) is 35.7 Å². The van der Waals surface area contributed by atoms with Crippen LogP contribution in [-0.2, 0) is 13.0 Å². The van der Waals surface area contributed by atoms with E-state index >= 15 is 0 Å². The fourth-order valence-electron chi connectivity index (χ4n) is 1.65. The van der Waals surface area contributed by atoms with Crippen LogP contribution in [0.25, 0.3) is 0 Å². The lowest BCUT2D eigenvalue weighted by Crippen LogP contribution is -2.17. The van der Waals surface area contributed by atoms with E-state index in [1.807, 2.05) is 12.1 Å². The molecule has 0 aliphatic rings. The molecular formula is C14H13FN2S. The van der Waals surface area contributed by atoms with Crippen molar-refractivity contribution >= 4 is 11.3 Å². The lowest BCUT2D eigenvalue weighted by Gasteiger charge is -2.05. The summed E-state index contributed by atoms with van der Waals surface area (Å²) in [4.78, 5) is 1.32. The van der Waals surface area contributed by atoms with Crippen LogP contribution in [0.5, 0.6) is 0 Å². The van der Waals surface area contributed by atoms with Gasteiger partial charge in [0.1, 0.15) is 5.82 Å². The van der Waals surface area contributed by atoms with Gasteiger partial charge in [0.25, 0.3) is 0 Å². The van der Waals surface area contributed by atoms with Crippen LogP contribution in [0, 0.1) is 17.1 Å². The summed E-state index contributed by atoms with van der Waals surface area (Å²) in [6.07, 6.45) is 0.954. The molecule has 0 atom stereocenters. The van der Waals surface area contributed by atoms with Crippen LogP contribution in [-0.4, -0.2) is 6.54 Å². The Labute approximate surface area is 110 Å². The number of rotatable bonds is 5. The van der Waals surface area contributed by atoms with Crippen LogP contribution in [0.1, 0.15) is 16.0 Å². The zero-order valence-corrected chi connectivity index (χ0v) is 10.6. The van der Waals surface area contributed by atoms with E-state index in [1.54, 1.807) is 23.5 Å². The lowest BCUT2D eigenvalue weighted by atomic mass is 10.1. The van der Waals surface area contributed by atoms with Gasteiger partial charge in [-0.25, -0.2) is 4.39 Å². The van der Waals surface area contributed by atoms with Crippen molar-refractivity contribution in [3.63, 3.8) is 0 Å². The van der Waals surface area contributed by atoms with Gasteiger partial charge in [0.2, 0.25) is 0 Å². The van der Waals surface area contributed by atoms with E-state index in [4.69, 9.17) is 5.26 Å². The second-order valence-electron chi connectivity index (χ2n) is 3.92. The second-order valence-corrected chi connectivity index (χ2v) is 4.96. The van der Waals surface area contributed by atoms with Gasteiger partial charge in [-0.2, -0.15) is 5.26 Å². The van der Waals surface area contributed by atoms with Gasteiger partial charge >= 0.3 is 0 Å². The largest absolute Gasteiger partial charge is 0.312 e. The molecule has 0 amide bonds. The lowest BCUT2D eigenvalue weighted by molar-refractivity contribution is 0.588. The third-order valence-electron chi connectivity index (χ3n) is 2.63. The van der Waals surface area contributed by atoms with Gasteiger partial charge in [-0.3, -0.25) is 0 Å². The summed E-state index contributed by atoms with van der Waals surface area (Å²) in [7, 11) is 0. The minimum Gasteiger partial charge on any atom is -0.312 e. The summed E-state index contributed by atoms with van der Waals surface area (Å²) >= 11 is 1.73. The van der Waals surface area contributed by atoms with E-state index in [-0.39, 0.29) is 5.82 Å². The molecule has 0 spiro atoms. The SMILES string of the molecule is N#Cc1ccc(CNCCc2cccs2)c(F)c1. The normalized spacial score (nSPS) is 10.2. The molecule has 0 saturated heterocycles. The summed E-state index contributed by atoms with van der Waals surface area (Å²) in [5, 5.41) is 13.9. The van der Waals surface area contributed by atoms with Crippen LogP contribution in [0.3, 0.4) is 0 Å². The Hall–Kier alpha value is -1.70. The van der Waals surface area contributed by atoms with Crippen LogP contribution < -0.4 is 5.32 Å². The Morgan fingerprint density at radius 1 is 1.33 bits per heavy atom. The summed E-state index contributed by atoms with van der Waals surface area (Å²) in [6.45, 7) is 1.31. The fourth-order valence-corrected chi connectivity index (χ4v) is 2.36. The third kappa shape index (κ3) is 3.39. The number of benzene rings is 1. The van der Waals surface area contributed by atoms with Gasteiger partial charge in [-0.05, 0) is 30.0 Å². The maximum Gasteiger partial charge on any atom is 0.129 e. The molecule has 0 aliphatic carbocycles. The first-order chi connectivity index (χ1) is 8.79. The summed E-state index contributed by atoms with van der Waals surface area (Å²) in [5.74, 6) is -0.322. The predicted molar refractivity (Wildman–Crippen MR) is 70.8 cm³/mol. The minimum atomic E-state index is -0.322. The van der Waals surface area contributed by atoms with Gasteiger partial charge in [-0.1, -0.05) is 12.1 Å². The molecule has 2 nitrogen and oxygen atoms in total. The Balaban J connectivity index is 1.82. The highest BCUT2D eigenvalue weighted by Gasteiger charge is 2.03. The van der Waals surface area contributed by atoms with E-state index in [1.165, 1.54) is 10.9 Å². The van der Waals surface area contributed by atoms with Gasteiger partial charge in [0.15, 0.2) is 0 Å². The molecule has 1 heterocycles. The Kier molecular flexibility index (Phi) is 4.46. The van der Waals surface area contributed by atoms with Crippen molar-refractivity contribution in [1.29, 1.82) is 5.26 Å². The van der Waals surface area contributed by atoms with Crippen LogP contribution >= 0.6 is 11.3 Å². The zero-order chi connectivity index (χ0) is 12.8. The first-order valence-corrected chi connectivity index (χ1v) is 6.59. The zero-order valence-electron chi connectivity index (χ0n) is 9.82. The van der Waals surface area contributed by atoms with Crippen molar-refractivity contribution in [2.45, 2.75) is 13.0 Å². The molecule has 2 rings (SSSR count). The molecule has 0 saturated carbocycles. The third-order valence-corrected chi connectivity index (χ3v) is 3.56. The van der Waals surface area contributed by atoms with Crippen molar-refractivity contribution in [2.75, 3.05) is 6.54 Å². The van der Waals surface area contributed by atoms with E-state index in [0.717, 1.165) is 13.0 Å². The maximum atomic E-state index is 13.5. The standard InChI is InChI=1S/C14H13FN2S/c15-14-8-11(9-16)3-4-12(14)10-17-6-5-13-2-1-7-18-13/h1-4,7-8,17H,5-6,10H2. The molecule has 0 unspecified atom stereocenters. The second kappa shape index (κ2) is 6.29. The van der Waals surface area contributed by atoms with Gasteiger partial charge in [0.05, 0.1) is 11.6 Å². The van der Waals surface area contributed by atoms with Crippen molar-refractivity contribution in [3.8, 4) is 6.07 Å². The monoisotopic (exact) mass is 260 g/mol. The number of halogens is 1. The minimum absolute atomic E-state index is 0.322. The van der Waals surface area contributed by atoms with Gasteiger partial charge in [0, 0.05) is 23.5 Å². The Bertz CT molecular complexity index is 543. The predicted octanol–water partition coefficient (Wildman–Crippen LogP) is 3.09. The number of nitriles is 1. The molecule has 0 aliphatic heterocycles. The Morgan fingerprint density at radius 2 is 2.22 bits per heavy atom. The van der Waals surface area contributed by atoms with Crippen molar-refractivity contribution < 1.29 is 4.39 Å². The van der Waals surface area contributed by atoms with E-state index in [9.17, 15) is 4.39 Å². The smallest absolute Gasteiger partial charge is 0.129 e. The molecule has 2 aromatic rings. The average Bonchev–Trinajstić information content (AvgIpc) is 2.89. The summed E-state index contributed by atoms with van der Waals surface area (Å²) < 4.78 is 13.5. The average molecular weight is 260 g/mol. The van der Waals surface area contributed by atoms with Crippen molar-refractivity contribution in [3.05, 3.63) is 57.5 Å². The van der Waals surface area contributed by atoms with E-state index in [0.29, 0.717) is 17.7 Å². The molecule has 1 aromatic carbocycles. The quantitative estimate of drug-likeness (QED) is 0.839. The number of thiophene rings is 1. The number of hydrogen-bond acceptors (Lipinski definition) is 3. The molecule has 18 heavy (non-hydrogen) atoms. The molecule has 92 valence electrons. The molecule has 0 bridgehead atoms. The molecule has 4 heteroatoms. The van der Waals surface area contributed by atoms with Crippen molar-refractivity contribution in [2.24, 2.45) is 0 Å². The summed E-state index contributed by atoms with van der Waals surface area (Å²) in [5.41, 5.74) is 0.954. The maximum absolute atomic E-state index is 13.5. The molecular weight excluding hydrogens is 247 g/mol. The Morgan fingerprint density at radius 3 is 2.89 bits per heavy atom. The molecule has 0 fully saturated rings. The first kappa shape index (κ1) is 12.7. The molecule has 1 aromatic heterocycles.